The van der Waals surface area contributed by atoms with Crippen molar-refractivity contribution in [2.75, 3.05) is 26.3 Å². The molecule has 1 aromatic rings. The maximum atomic E-state index is 12.5. The minimum Gasteiger partial charge on any atom is -0.480 e. The lowest BCUT2D eigenvalue weighted by atomic mass is 9.73. The maximum absolute atomic E-state index is 12.5. The van der Waals surface area contributed by atoms with Gasteiger partial charge in [-0.05, 0) is 74.5 Å². The first-order valence-corrected chi connectivity index (χ1v) is 10.9. The van der Waals surface area contributed by atoms with Crippen LogP contribution >= 0.6 is 15.9 Å². The average Bonchev–Trinajstić information content (AvgIpc) is 2.67. The van der Waals surface area contributed by atoms with Crippen molar-refractivity contribution in [2.45, 2.75) is 63.3 Å². The number of hydrogen-bond acceptors (Lipinski definition) is 6. The summed E-state index contributed by atoms with van der Waals surface area (Å²) in [4.78, 5) is 29.9. The second-order valence-electron chi connectivity index (χ2n) is 8.97. The Kier molecular flexibility index (Phi) is 6.74. The van der Waals surface area contributed by atoms with Gasteiger partial charge in [0.05, 0.1) is 24.4 Å². The molecule has 1 saturated carbocycles. The van der Waals surface area contributed by atoms with Crippen LogP contribution in [-0.4, -0.2) is 64.6 Å². The van der Waals surface area contributed by atoms with Crippen LogP contribution in [0, 0.1) is 0 Å². The summed E-state index contributed by atoms with van der Waals surface area (Å²) < 4.78 is 18.4. The lowest BCUT2D eigenvalue weighted by molar-refractivity contribution is -0.178. The summed E-state index contributed by atoms with van der Waals surface area (Å²) in [6, 6.07) is 3.73. The smallest absolute Gasteiger partial charge is 0.410 e. The predicted octanol–water partition coefficient (Wildman–Crippen LogP) is 3.72. The van der Waals surface area contributed by atoms with Crippen molar-refractivity contribution in [3.05, 3.63) is 28.5 Å². The molecular weight excluding hydrogens is 456 g/mol. The fourth-order valence-corrected chi connectivity index (χ4v) is 4.29. The van der Waals surface area contributed by atoms with Crippen LogP contribution in [0.4, 0.5) is 4.79 Å². The zero-order valence-electron chi connectivity index (χ0n) is 17.6. The van der Waals surface area contributed by atoms with Gasteiger partial charge in [-0.15, -0.1) is 0 Å². The number of amides is 1. The molecule has 1 N–H and O–H groups in total. The average molecular weight is 485 g/mol. The van der Waals surface area contributed by atoms with E-state index in [0.29, 0.717) is 51.1 Å². The normalized spacial score (nSPS) is 27.1. The van der Waals surface area contributed by atoms with Crippen molar-refractivity contribution < 1.29 is 28.9 Å². The molecule has 1 spiro atoms. The number of aliphatic carboxylic acids is 1. The molecule has 3 rings (SSSR count). The minimum absolute atomic E-state index is 0.335. The molecule has 1 aliphatic heterocycles. The molecule has 0 atom stereocenters. The van der Waals surface area contributed by atoms with Crippen LogP contribution in [0.25, 0.3) is 0 Å². The molecule has 2 heterocycles. The second kappa shape index (κ2) is 8.80. The molecule has 0 aromatic carbocycles. The Bertz CT molecular complexity index is 769. The SMILES string of the molecule is CC(C)(C)OC(=O)N1CCOC2(CCC(OCC(=O)O)(c3ccc(Br)cn3)CC2)C1. The molecule has 8 nitrogen and oxygen atoms in total. The third kappa shape index (κ3) is 5.50. The third-order valence-electron chi connectivity index (χ3n) is 5.54. The van der Waals surface area contributed by atoms with Gasteiger partial charge >= 0.3 is 12.1 Å². The first kappa shape index (κ1) is 23.0. The number of aromatic nitrogens is 1. The Morgan fingerprint density at radius 1 is 1.27 bits per heavy atom. The fourth-order valence-electron chi connectivity index (χ4n) is 4.06. The quantitative estimate of drug-likeness (QED) is 0.694. The molecule has 0 radical (unpaired) electrons. The van der Waals surface area contributed by atoms with Gasteiger partial charge in [-0.2, -0.15) is 0 Å². The molecule has 30 heavy (non-hydrogen) atoms. The highest BCUT2D eigenvalue weighted by molar-refractivity contribution is 9.10. The molecule has 9 heteroatoms. The Balaban J connectivity index is 1.74. The Labute approximate surface area is 185 Å². The van der Waals surface area contributed by atoms with Crippen LogP contribution in [0.5, 0.6) is 0 Å². The summed E-state index contributed by atoms with van der Waals surface area (Å²) in [7, 11) is 0. The van der Waals surface area contributed by atoms with Gasteiger partial charge in [-0.1, -0.05) is 0 Å². The molecule has 1 saturated heterocycles. The van der Waals surface area contributed by atoms with E-state index in [0.717, 1.165) is 4.47 Å². The van der Waals surface area contributed by atoms with Crippen LogP contribution in [0.15, 0.2) is 22.8 Å². The summed E-state index contributed by atoms with van der Waals surface area (Å²) in [5.41, 5.74) is -1.12. The maximum Gasteiger partial charge on any atom is 0.410 e. The number of morpholine rings is 1. The van der Waals surface area contributed by atoms with Gasteiger partial charge in [-0.3, -0.25) is 4.98 Å². The highest BCUT2D eigenvalue weighted by atomic mass is 79.9. The summed E-state index contributed by atoms with van der Waals surface area (Å²) >= 11 is 3.38. The van der Waals surface area contributed by atoms with Gasteiger partial charge in [0, 0.05) is 17.2 Å². The van der Waals surface area contributed by atoms with Gasteiger partial charge in [-0.25, -0.2) is 9.59 Å². The third-order valence-corrected chi connectivity index (χ3v) is 6.00. The van der Waals surface area contributed by atoms with E-state index >= 15 is 0 Å². The van der Waals surface area contributed by atoms with E-state index in [1.807, 2.05) is 32.9 Å². The number of rotatable bonds is 4. The van der Waals surface area contributed by atoms with Crippen molar-refractivity contribution in [3.8, 4) is 0 Å². The van der Waals surface area contributed by atoms with Gasteiger partial charge in [0.15, 0.2) is 0 Å². The molecule has 0 bridgehead atoms. The van der Waals surface area contributed by atoms with Crippen LogP contribution in [0.3, 0.4) is 0 Å². The molecule has 166 valence electrons. The molecule has 2 aliphatic rings. The Hall–Kier alpha value is -1.71. The number of carboxylic acid groups (broad SMARTS) is 1. The van der Waals surface area contributed by atoms with Crippen molar-refractivity contribution >= 4 is 28.0 Å². The number of carbonyl (C=O) groups excluding carboxylic acids is 1. The van der Waals surface area contributed by atoms with E-state index in [-0.39, 0.29) is 6.09 Å². The Morgan fingerprint density at radius 3 is 2.53 bits per heavy atom. The van der Waals surface area contributed by atoms with Crippen molar-refractivity contribution in [1.82, 2.24) is 9.88 Å². The molecule has 1 amide bonds. The molecule has 1 aromatic heterocycles. The first-order chi connectivity index (χ1) is 14.0. The highest BCUT2D eigenvalue weighted by Crippen LogP contribution is 2.46. The summed E-state index contributed by atoms with van der Waals surface area (Å²) in [5, 5.41) is 9.14. The lowest BCUT2D eigenvalue weighted by Crippen LogP contribution is -2.57. The number of pyridine rings is 1. The summed E-state index contributed by atoms with van der Waals surface area (Å²) in [5.74, 6) is -1.02. The molecule has 2 fully saturated rings. The van der Waals surface area contributed by atoms with Crippen molar-refractivity contribution in [2.24, 2.45) is 0 Å². The summed E-state index contributed by atoms with van der Waals surface area (Å²) in [6.45, 7) is 6.54. The largest absolute Gasteiger partial charge is 0.480 e. The minimum atomic E-state index is -1.02. The van der Waals surface area contributed by atoms with E-state index < -0.39 is 29.4 Å². The van der Waals surface area contributed by atoms with Crippen molar-refractivity contribution in [3.63, 3.8) is 0 Å². The van der Waals surface area contributed by atoms with Crippen LogP contribution < -0.4 is 0 Å². The monoisotopic (exact) mass is 484 g/mol. The zero-order chi connectivity index (χ0) is 22.0. The number of hydrogen-bond donors (Lipinski definition) is 1. The lowest BCUT2D eigenvalue weighted by Gasteiger charge is -2.49. The van der Waals surface area contributed by atoms with Gasteiger partial charge in [0.1, 0.15) is 17.8 Å². The molecule has 0 unspecified atom stereocenters. The first-order valence-electron chi connectivity index (χ1n) is 10.1. The van der Waals surface area contributed by atoms with Crippen LogP contribution in [0.2, 0.25) is 0 Å². The topological polar surface area (TPSA) is 98.2 Å². The number of ether oxygens (including phenoxy) is 3. The second-order valence-corrected chi connectivity index (χ2v) is 9.89. The zero-order valence-corrected chi connectivity index (χ0v) is 19.2. The van der Waals surface area contributed by atoms with E-state index in [4.69, 9.17) is 19.3 Å². The van der Waals surface area contributed by atoms with Gasteiger partial charge in [0.2, 0.25) is 0 Å². The van der Waals surface area contributed by atoms with Gasteiger partial charge < -0.3 is 24.2 Å². The molecular formula is C21H29BrN2O6. The fraction of sp³-hybridized carbons (Fsp3) is 0.667. The van der Waals surface area contributed by atoms with E-state index in [9.17, 15) is 9.59 Å². The van der Waals surface area contributed by atoms with E-state index in [2.05, 4.69) is 20.9 Å². The predicted molar refractivity (Wildman–Crippen MR) is 112 cm³/mol. The van der Waals surface area contributed by atoms with Crippen LogP contribution in [-0.2, 0) is 24.6 Å². The summed E-state index contributed by atoms with van der Waals surface area (Å²) in [6.07, 6.45) is 3.72. The van der Waals surface area contributed by atoms with Crippen LogP contribution in [0.1, 0.15) is 52.1 Å². The van der Waals surface area contributed by atoms with Crippen molar-refractivity contribution in [1.29, 1.82) is 0 Å². The standard InChI is InChI=1S/C21H29BrN2O6/c1-19(2,3)30-18(27)24-10-11-28-20(14-24)6-8-21(9-7-20,29-13-17(25)26)16-5-4-15(22)12-23-16/h4-5,12H,6-11,13-14H2,1-3H3,(H,25,26). The van der Waals surface area contributed by atoms with Gasteiger partial charge in [0.25, 0.3) is 0 Å². The van der Waals surface area contributed by atoms with E-state index in [1.165, 1.54) is 0 Å². The van der Waals surface area contributed by atoms with E-state index in [1.54, 1.807) is 11.1 Å². The number of carbonyl (C=O) groups is 2. The number of nitrogens with zero attached hydrogens (tertiary/aromatic N) is 2. The Morgan fingerprint density at radius 2 is 1.97 bits per heavy atom. The number of carboxylic acids is 1. The number of halogens is 1. The highest BCUT2D eigenvalue weighted by Gasteiger charge is 2.49. The molecule has 1 aliphatic carbocycles.